The molecule has 6 atom stereocenters. The maximum Gasteiger partial charge on any atom is 0.139 e. The number of carbonyl (C=O) groups excluding carboxylic acids is 1. The predicted octanol–water partition coefficient (Wildman–Crippen LogP) is 8.42. The molecular formula is C35H54O3. The lowest BCUT2D eigenvalue weighted by Crippen LogP contribution is -2.35. The van der Waals surface area contributed by atoms with Crippen molar-refractivity contribution in [2.24, 2.45) is 28.6 Å². The highest BCUT2D eigenvalue weighted by Gasteiger charge is 2.51. The van der Waals surface area contributed by atoms with Crippen LogP contribution >= 0.6 is 0 Å². The number of Topliss-reactive ketones (excluding diaryl/α,β-unsaturated/α-hetero) is 1. The van der Waals surface area contributed by atoms with E-state index in [0.29, 0.717) is 41.8 Å². The Hall–Kier alpha value is -1.45. The number of hydrogen-bond acceptors (Lipinski definition) is 3. The van der Waals surface area contributed by atoms with E-state index in [1.807, 2.05) is 0 Å². The summed E-state index contributed by atoms with van der Waals surface area (Å²) in [5.41, 5.74) is 3.62. The number of aliphatic hydroxyl groups is 2. The Morgan fingerprint density at radius 3 is 2.61 bits per heavy atom. The summed E-state index contributed by atoms with van der Waals surface area (Å²) in [4.78, 5) is 12.9. The lowest BCUT2D eigenvalue weighted by atomic mass is 9.61. The van der Waals surface area contributed by atoms with Crippen LogP contribution in [0.15, 0.2) is 47.6 Å². The molecule has 4 fully saturated rings. The summed E-state index contributed by atoms with van der Waals surface area (Å²) in [5, 5.41) is 20.3. The molecule has 0 saturated heterocycles. The zero-order valence-electron chi connectivity index (χ0n) is 24.5. The molecule has 0 aromatic carbocycles. The van der Waals surface area contributed by atoms with Gasteiger partial charge in [0.15, 0.2) is 0 Å². The van der Waals surface area contributed by atoms with E-state index in [4.69, 9.17) is 0 Å². The lowest BCUT2D eigenvalue weighted by molar-refractivity contribution is -0.124. The molecule has 0 aromatic rings. The van der Waals surface area contributed by atoms with Crippen molar-refractivity contribution in [2.75, 3.05) is 0 Å². The van der Waals surface area contributed by atoms with Gasteiger partial charge in [0.25, 0.3) is 0 Å². The molecule has 38 heavy (non-hydrogen) atoms. The molecule has 3 heteroatoms. The van der Waals surface area contributed by atoms with Gasteiger partial charge in [-0.05, 0) is 98.5 Å². The molecule has 3 nitrogen and oxygen atoms in total. The molecule has 0 amide bonds. The Kier molecular flexibility index (Phi) is 9.96. The molecule has 4 rings (SSSR count). The Morgan fingerprint density at radius 1 is 1.11 bits per heavy atom. The van der Waals surface area contributed by atoms with Crippen LogP contribution < -0.4 is 0 Å². The van der Waals surface area contributed by atoms with Crippen molar-refractivity contribution in [1.29, 1.82) is 0 Å². The molecule has 0 unspecified atom stereocenters. The first-order valence-corrected chi connectivity index (χ1v) is 15.8. The fourth-order valence-corrected chi connectivity index (χ4v) is 8.15. The summed E-state index contributed by atoms with van der Waals surface area (Å²) in [6, 6.07) is 0. The molecule has 4 aliphatic carbocycles. The van der Waals surface area contributed by atoms with Crippen molar-refractivity contribution in [3.05, 3.63) is 47.6 Å². The summed E-state index contributed by atoms with van der Waals surface area (Å²) in [6.07, 6.45) is 25.3. The zero-order valence-corrected chi connectivity index (χ0v) is 24.5. The van der Waals surface area contributed by atoms with Gasteiger partial charge in [-0.25, -0.2) is 0 Å². The number of ketones is 1. The van der Waals surface area contributed by atoms with Crippen molar-refractivity contribution in [3.63, 3.8) is 0 Å². The largest absolute Gasteiger partial charge is 0.393 e. The fraction of sp³-hybridized carbons (Fsp3) is 0.743. The molecule has 0 bridgehead atoms. The van der Waals surface area contributed by atoms with Gasteiger partial charge in [0.2, 0.25) is 0 Å². The van der Waals surface area contributed by atoms with E-state index in [-0.39, 0.29) is 5.41 Å². The number of unbranched alkanes of at least 4 members (excludes halogenated alkanes) is 4. The van der Waals surface area contributed by atoms with E-state index in [9.17, 15) is 15.0 Å². The molecule has 0 radical (unpaired) electrons. The van der Waals surface area contributed by atoms with Gasteiger partial charge < -0.3 is 10.2 Å². The van der Waals surface area contributed by atoms with Gasteiger partial charge in [-0.15, -0.1) is 0 Å². The Morgan fingerprint density at radius 2 is 1.87 bits per heavy atom. The molecule has 0 aromatic heterocycles. The zero-order chi connectivity index (χ0) is 27.3. The van der Waals surface area contributed by atoms with Crippen LogP contribution in [-0.2, 0) is 4.79 Å². The number of allylic oxidation sites excluding steroid dienone is 5. The van der Waals surface area contributed by atoms with Crippen LogP contribution in [0.25, 0.3) is 0 Å². The third-order valence-electron chi connectivity index (χ3n) is 10.8. The van der Waals surface area contributed by atoms with Crippen LogP contribution in [0.2, 0.25) is 0 Å². The molecule has 2 N–H and O–H groups in total. The Bertz CT molecular complexity index is 935. The van der Waals surface area contributed by atoms with E-state index >= 15 is 0 Å². The molecule has 0 aliphatic heterocycles. The Balaban J connectivity index is 1.34. The highest BCUT2D eigenvalue weighted by atomic mass is 16.3. The normalized spacial score (nSPS) is 35.7. The molecule has 4 saturated carbocycles. The Labute approximate surface area is 232 Å². The van der Waals surface area contributed by atoms with E-state index in [1.54, 1.807) is 5.57 Å². The average molecular weight is 523 g/mol. The summed E-state index contributed by atoms with van der Waals surface area (Å²) in [6.45, 7) is 11.3. The lowest BCUT2D eigenvalue weighted by Gasteiger charge is -2.44. The van der Waals surface area contributed by atoms with Gasteiger partial charge in [0.05, 0.1) is 12.2 Å². The second-order valence-electron chi connectivity index (χ2n) is 13.5. The molecular weight excluding hydrogens is 468 g/mol. The van der Waals surface area contributed by atoms with Crippen LogP contribution in [0, 0.1) is 28.6 Å². The summed E-state index contributed by atoms with van der Waals surface area (Å²) < 4.78 is 0. The van der Waals surface area contributed by atoms with Crippen molar-refractivity contribution < 1.29 is 15.0 Å². The summed E-state index contributed by atoms with van der Waals surface area (Å²) in [7, 11) is 0. The topological polar surface area (TPSA) is 57.5 Å². The van der Waals surface area contributed by atoms with E-state index in [2.05, 4.69) is 51.7 Å². The molecule has 4 aliphatic rings. The molecule has 0 heterocycles. The smallest absolute Gasteiger partial charge is 0.139 e. The SMILES string of the molecule is C=C1/C(=C\C=C2/CCC[C@]3(C)[C@@H]([C@H](C)/C=C/CC4(C(=O)CCCCCCC)CC4)CC[C@@H]23)C[C@@H](O)C[C@@H]1O. The van der Waals surface area contributed by atoms with Gasteiger partial charge in [-0.1, -0.05) is 82.9 Å². The number of aliphatic hydroxyl groups excluding tert-OH is 2. The van der Waals surface area contributed by atoms with Crippen molar-refractivity contribution in [1.82, 2.24) is 0 Å². The van der Waals surface area contributed by atoms with Crippen molar-refractivity contribution in [3.8, 4) is 0 Å². The van der Waals surface area contributed by atoms with E-state index in [1.165, 1.54) is 51.4 Å². The van der Waals surface area contributed by atoms with Crippen LogP contribution in [0.4, 0.5) is 0 Å². The highest BCUT2D eigenvalue weighted by Crippen LogP contribution is 2.59. The minimum absolute atomic E-state index is 0.0262. The number of fused-ring (bicyclic) bond motifs is 1. The number of rotatable bonds is 12. The minimum atomic E-state index is -0.626. The van der Waals surface area contributed by atoms with E-state index < -0.39 is 12.2 Å². The van der Waals surface area contributed by atoms with Gasteiger partial charge >= 0.3 is 0 Å². The van der Waals surface area contributed by atoms with Crippen LogP contribution in [-0.4, -0.2) is 28.2 Å². The molecule has 0 spiro atoms. The van der Waals surface area contributed by atoms with Crippen molar-refractivity contribution in [2.45, 2.75) is 136 Å². The van der Waals surface area contributed by atoms with Gasteiger partial charge in [0.1, 0.15) is 5.78 Å². The first-order valence-electron chi connectivity index (χ1n) is 15.8. The summed E-state index contributed by atoms with van der Waals surface area (Å²) in [5.74, 6) is 2.35. The first-order chi connectivity index (χ1) is 18.2. The maximum atomic E-state index is 12.9. The third-order valence-corrected chi connectivity index (χ3v) is 10.8. The quantitative estimate of drug-likeness (QED) is 0.200. The average Bonchev–Trinajstić information content (AvgIpc) is 3.58. The van der Waals surface area contributed by atoms with Gasteiger partial charge in [-0.2, -0.15) is 0 Å². The van der Waals surface area contributed by atoms with E-state index in [0.717, 1.165) is 49.7 Å². The highest BCUT2D eigenvalue weighted by molar-refractivity contribution is 5.87. The predicted molar refractivity (Wildman–Crippen MR) is 158 cm³/mol. The van der Waals surface area contributed by atoms with Gasteiger partial charge in [-0.3, -0.25) is 4.79 Å². The standard InChI is InChI=1S/C35H54O3/c1-5-6-7-8-9-14-33(38)35(21-22-35)20-10-12-25(2)30-17-18-31-27(13-11-19-34(30,31)4)15-16-28-23-29(36)24-32(37)26(28)3/h10,12,15-16,25,29-32,36-37H,3,5-9,11,13-14,17-24H2,1-2,4H3/b12-10+,27-15+,28-16-/t25-,29-,30-,31+,32+,34-/m1/s1. The second kappa shape index (κ2) is 12.8. The monoisotopic (exact) mass is 522 g/mol. The van der Waals surface area contributed by atoms with Gasteiger partial charge in [0, 0.05) is 18.3 Å². The van der Waals surface area contributed by atoms with Crippen LogP contribution in [0.3, 0.4) is 0 Å². The van der Waals surface area contributed by atoms with Crippen LogP contribution in [0.1, 0.15) is 124 Å². The van der Waals surface area contributed by atoms with Crippen molar-refractivity contribution >= 4 is 5.78 Å². The third kappa shape index (κ3) is 6.64. The first kappa shape index (κ1) is 29.5. The second-order valence-corrected chi connectivity index (χ2v) is 13.5. The summed E-state index contributed by atoms with van der Waals surface area (Å²) >= 11 is 0. The number of hydrogen-bond donors (Lipinski definition) is 2. The number of carbonyl (C=O) groups is 1. The maximum absolute atomic E-state index is 12.9. The minimum Gasteiger partial charge on any atom is -0.393 e. The fourth-order valence-electron chi connectivity index (χ4n) is 8.15. The van der Waals surface area contributed by atoms with Crippen LogP contribution in [0.5, 0.6) is 0 Å². The molecule has 212 valence electrons.